The Kier molecular flexibility index (Phi) is 3.66. The minimum absolute atomic E-state index is 0.0858. The molecule has 0 amide bonds. The van der Waals surface area contributed by atoms with Crippen molar-refractivity contribution in [2.24, 2.45) is 5.92 Å². The maximum atomic E-state index is 13.2. The lowest BCUT2D eigenvalue weighted by Crippen LogP contribution is -2.10. The summed E-state index contributed by atoms with van der Waals surface area (Å²) in [6.07, 6.45) is 0. The van der Waals surface area contributed by atoms with Gasteiger partial charge in [0.1, 0.15) is 5.82 Å². The molecule has 0 aliphatic heterocycles. The number of carboxylic acids is 1. The average Bonchev–Trinajstić information content (AvgIpc) is 2.16. The number of nitrogens with one attached hydrogen (secondary N) is 1. The second-order valence-electron chi connectivity index (χ2n) is 3.77. The summed E-state index contributed by atoms with van der Waals surface area (Å²) in [4.78, 5) is 10.7. The van der Waals surface area contributed by atoms with Crippen molar-refractivity contribution in [3.8, 4) is 0 Å². The first-order chi connectivity index (χ1) is 7.00. The van der Waals surface area contributed by atoms with E-state index in [1.807, 2.05) is 13.8 Å². The van der Waals surface area contributed by atoms with Crippen molar-refractivity contribution >= 4 is 11.7 Å². The Balaban J connectivity index is 2.85. The summed E-state index contributed by atoms with van der Waals surface area (Å²) in [5, 5.41) is 11.6. The number of hydrogen-bond acceptors (Lipinski definition) is 2. The second kappa shape index (κ2) is 4.77. The van der Waals surface area contributed by atoms with Gasteiger partial charge < -0.3 is 10.4 Å². The number of benzene rings is 1. The number of halogens is 1. The summed E-state index contributed by atoms with van der Waals surface area (Å²) in [5.74, 6) is -1.11. The lowest BCUT2D eigenvalue weighted by Gasteiger charge is -2.10. The molecular weight excluding hydrogens is 197 g/mol. The number of anilines is 1. The second-order valence-corrected chi connectivity index (χ2v) is 3.77. The summed E-state index contributed by atoms with van der Waals surface area (Å²) >= 11 is 0. The maximum absolute atomic E-state index is 13.2. The molecule has 1 aromatic carbocycles. The zero-order valence-corrected chi connectivity index (χ0v) is 8.75. The van der Waals surface area contributed by atoms with E-state index in [1.165, 1.54) is 12.1 Å². The van der Waals surface area contributed by atoms with E-state index in [4.69, 9.17) is 5.11 Å². The SMILES string of the molecule is CC(C)CNc1cc(C(=O)O)ccc1F. The van der Waals surface area contributed by atoms with E-state index in [2.05, 4.69) is 5.32 Å². The van der Waals surface area contributed by atoms with Crippen LogP contribution in [0.3, 0.4) is 0 Å². The highest BCUT2D eigenvalue weighted by Gasteiger charge is 2.08. The quantitative estimate of drug-likeness (QED) is 0.804. The van der Waals surface area contributed by atoms with E-state index in [9.17, 15) is 9.18 Å². The van der Waals surface area contributed by atoms with E-state index < -0.39 is 11.8 Å². The Labute approximate surface area is 87.9 Å². The van der Waals surface area contributed by atoms with Crippen molar-refractivity contribution in [3.63, 3.8) is 0 Å². The molecule has 15 heavy (non-hydrogen) atoms. The predicted octanol–water partition coefficient (Wildman–Crippen LogP) is 2.59. The van der Waals surface area contributed by atoms with Crippen LogP contribution in [0.5, 0.6) is 0 Å². The van der Waals surface area contributed by atoms with Gasteiger partial charge in [-0.2, -0.15) is 0 Å². The number of carboxylic acid groups (broad SMARTS) is 1. The van der Waals surface area contributed by atoms with Crippen LogP contribution in [0.2, 0.25) is 0 Å². The predicted molar refractivity (Wildman–Crippen MR) is 56.7 cm³/mol. The van der Waals surface area contributed by atoms with Crippen molar-refractivity contribution < 1.29 is 14.3 Å². The number of carbonyl (C=O) groups is 1. The van der Waals surface area contributed by atoms with Crippen molar-refractivity contribution in [3.05, 3.63) is 29.6 Å². The summed E-state index contributed by atoms with van der Waals surface area (Å²) in [6, 6.07) is 3.71. The molecule has 0 radical (unpaired) electrons. The van der Waals surface area contributed by atoms with Crippen LogP contribution in [0.25, 0.3) is 0 Å². The van der Waals surface area contributed by atoms with Gasteiger partial charge in [0.05, 0.1) is 11.3 Å². The Morgan fingerprint density at radius 3 is 2.73 bits per heavy atom. The minimum Gasteiger partial charge on any atom is -0.478 e. The van der Waals surface area contributed by atoms with Gasteiger partial charge in [0.15, 0.2) is 0 Å². The number of aromatic carboxylic acids is 1. The van der Waals surface area contributed by atoms with Crippen molar-refractivity contribution in [1.29, 1.82) is 0 Å². The summed E-state index contributed by atoms with van der Waals surface area (Å²) in [7, 11) is 0. The first kappa shape index (κ1) is 11.5. The fourth-order valence-corrected chi connectivity index (χ4v) is 1.11. The van der Waals surface area contributed by atoms with Gasteiger partial charge in [-0.15, -0.1) is 0 Å². The van der Waals surface area contributed by atoms with E-state index in [-0.39, 0.29) is 11.3 Å². The van der Waals surface area contributed by atoms with Crippen LogP contribution >= 0.6 is 0 Å². The van der Waals surface area contributed by atoms with Gasteiger partial charge in [-0.3, -0.25) is 0 Å². The molecule has 0 saturated carbocycles. The summed E-state index contributed by atoms with van der Waals surface area (Å²) < 4.78 is 13.2. The number of hydrogen-bond donors (Lipinski definition) is 2. The van der Waals surface area contributed by atoms with Crippen molar-refractivity contribution in [1.82, 2.24) is 0 Å². The molecule has 0 bridgehead atoms. The molecule has 2 N–H and O–H groups in total. The molecule has 0 saturated heterocycles. The fraction of sp³-hybridized carbons (Fsp3) is 0.364. The molecule has 82 valence electrons. The Morgan fingerprint density at radius 1 is 1.53 bits per heavy atom. The minimum atomic E-state index is -1.05. The van der Waals surface area contributed by atoms with Crippen LogP contribution in [0.4, 0.5) is 10.1 Å². The Hall–Kier alpha value is -1.58. The summed E-state index contributed by atoms with van der Waals surface area (Å²) in [5.41, 5.74) is 0.325. The lowest BCUT2D eigenvalue weighted by atomic mass is 10.1. The highest BCUT2D eigenvalue weighted by Crippen LogP contribution is 2.16. The third kappa shape index (κ3) is 3.23. The van der Waals surface area contributed by atoms with Crippen LogP contribution in [-0.2, 0) is 0 Å². The molecule has 0 unspecified atom stereocenters. The van der Waals surface area contributed by atoms with Gasteiger partial charge in [0.25, 0.3) is 0 Å². The normalized spacial score (nSPS) is 10.4. The lowest BCUT2D eigenvalue weighted by molar-refractivity contribution is 0.0697. The largest absolute Gasteiger partial charge is 0.478 e. The van der Waals surface area contributed by atoms with E-state index in [1.54, 1.807) is 0 Å². The van der Waals surface area contributed by atoms with Gasteiger partial charge in [-0.25, -0.2) is 9.18 Å². The topological polar surface area (TPSA) is 49.3 Å². The van der Waals surface area contributed by atoms with Gasteiger partial charge in [0.2, 0.25) is 0 Å². The van der Waals surface area contributed by atoms with Crippen molar-refractivity contribution in [2.75, 3.05) is 11.9 Å². The first-order valence-electron chi connectivity index (χ1n) is 4.77. The molecule has 0 aliphatic carbocycles. The third-order valence-corrected chi connectivity index (χ3v) is 1.91. The summed E-state index contributed by atoms with van der Waals surface area (Å²) in [6.45, 7) is 4.60. The van der Waals surface area contributed by atoms with Crippen LogP contribution in [-0.4, -0.2) is 17.6 Å². The maximum Gasteiger partial charge on any atom is 0.335 e. The first-order valence-corrected chi connectivity index (χ1v) is 4.77. The van der Waals surface area contributed by atoms with E-state index in [0.29, 0.717) is 12.5 Å². The molecule has 0 aliphatic rings. The monoisotopic (exact) mass is 211 g/mol. The molecule has 0 aromatic heterocycles. The van der Waals surface area contributed by atoms with Gasteiger partial charge >= 0.3 is 5.97 Å². The molecule has 4 heteroatoms. The molecule has 1 aromatic rings. The average molecular weight is 211 g/mol. The van der Waals surface area contributed by atoms with Crippen LogP contribution in [0, 0.1) is 11.7 Å². The standard InChI is InChI=1S/C11H14FNO2/c1-7(2)6-13-10-5-8(11(14)15)3-4-9(10)12/h3-5,7,13H,6H2,1-2H3,(H,14,15). The smallest absolute Gasteiger partial charge is 0.335 e. The third-order valence-electron chi connectivity index (χ3n) is 1.91. The zero-order valence-electron chi connectivity index (χ0n) is 8.75. The van der Waals surface area contributed by atoms with Gasteiger partial charge in [-0.1, -0.05) is 13.8 Å². The Bertz CT molecular complexity index is 364. The van der Waals surface area contributed by atoms with Gasteiger partial charge in [0, 0.05) is 6.54 Å². The molecule has 3 nitrogen and oxygen atoms in total. The highest BCUT2D eigenvalue weighted by atomic mass is 19.1. The van der Waals surface area contributed by atoms with Crippen molar-refractivity contribution in [2.45, 2.75) is 13.8 Å². The molecule has 0 spiro atoms. The van der Waals surface area contributed by atoms with Crippen LogP contribution in [0.1, 0.15) is 24.2 Å². The Morgan fingerprint density at radius 2 is 2.20 bits per heavy atom. The molecule has 1 rings (SSSR count). The fourth-order valence-electron chi connectivity index (χ4n) is 1.11. The van der Waals surface area contributed by atoms with Crippen LogP contribution in [0.15, 0.2) is 18.2 Å². The van der Waals surface area contributed by atoms with Gasteiger partial charge in [-0.05, 0) is 24.1 Å². The molecular formula is C11H14FNO2. The molecule has 0 atom stereocenters. The zero-order chi connectivity index (χ0) is 11.4. The highest BCUT2D eigenvalue weighted by molar-refractivity contribution is 5.88. The van der Waals surface area contributed by atoms with E-state index in [0.717, 1.165) is 6.07 Å². The van der Waals surface area contributed by atoms with E-state index >= 15 is 0 Å². The van der Waals surface area contributed by atoms with Crippen LogP contribution < -0.4 is 5.32 Å². The molecule has 0 heterocycles. The number of rotatable bonds is 4. The molecule has 0 fully saturated rings.